The highest BCUT2D eigenvalue weighted by Gasteiger charge is 2.13. The van der Waals surface area contributed by atoms with E-state index in [1.807, 2.05) is 0 Å². The first-order valence-corrected chi connectivity index (χ1v) is 4.30. The summed E-state index contributed by atoms with van der Waals surface area (Å²) in [5.74, 6) is 0.966. The summed E-state index contributed by atoms with van der Waals surface area (Å²) < 4.78 is 0. The fourth-order valence-electron chi connectivity index (χ4n) is 1.77. The van der Waals surface area contributed by atoms with Crippen LogP contribution in [0.15, 0.2) is 0 Å². The highest BCUT2D eigenvalue weighted by molar-refractivity contribution is 4.72. The second kappa shape index (κ2) is 4.33. The van der Waals surface area contributed by atoms with Crippen molar-refractivity contribution in [2.75, 3.05) is 0 Å². The van der Waals surface area contributed by atoms with E-state index >= 15 is 0 Å². The Bertz CT molecular complexity index is 117. The molecule has 0 spiro atoms. The van der Waals surface area contributed by atoms with Gasteiger partial charge < -0.3 is 0 Å². The Morgan fingerprint density at radius 2 is 2.00 bits per heavy atom. The first-order valence-electron chi connectivity index (χ1n) is 4.30. The summed E-state index contributed by atoms with van der Waals surface area (Å²) in [6.07, 6.45) is 8.89. The fraction of sp³-hybridized carbons (Fsp3) is 0.889. The minimum Gasteiger partial charge on any atom is -0.198 e. The van der Waals surface area contributed by atoms with E-state index in [2.05, 4.69) is 6.07 Å². The zero-order chi connectivity index (χ0) is 7.23. The van der Waals surface area contributed by atoms with Crippen molar-refractivity contribution in [1.82, 2.24) is 0 Å². The number of hydrogen-bond acceptors (Lipinski definition) is 1. The van der Waals surface area contributed by atoms with Crippen molar-refractivity contribution >= 4 is 0 Å². The number of nitrogens with zero attached hydrogens (tertiary/aromatic N) is 1. The van der Waals surface area contributed by atoms with E-state index in [9.17, 15) is 0 Å². The molecule has 0 unspecified atom stereocenters. The Labute approximate surface area is 63.0 Å². The molecule has 1 aliphatic carbocycles. The standard InChI is InChI=1S/C9H15N/c10-8-4-3-7-9-5-1-2-6-9/h9H,1-7H2. The van der Waals surface area contributed by atoms with Crippen LogP contribution in [0.25, 0.3) is 0 Å². The third kappa shape index (κ3) is 2.39. The Morgan fingerprint density at radius 1 is 1.30 bits per heavy atom. The molecule has 0 bridgehead atoms. The number of unbranched alkanes of at least 4 members (excludes halogenated alkanes) is 1. The lowest BCUT2D eigenvalue weighted by atomic mass is 10.0. The molecule has 0 saturated heterocycles. The molecule has 0 amide bonds. The van der Waals surface area contributed by atoms with Gasteiger partial charge >= 0.3 is 0 Å². The van der Waals surface area contributed by atoms with Crippen LogP contribution in [-0.2, 0) is 0 Å². The molecule has 0 aromatic rings. The third-order valence-corrected chi connectivity index (χ3v) is 2.38. The minimum absolute atomic E-state index is 0.760. The maximum absolute atomic E-state index is 8.29. The fourth-order valence-corrected chi connectivity index (χ4v) is 1.77. The van der Waals surface area contributed by atoms with Gasteiger partial charge in [-0.05, 0) is 18.8 Å². The summed E-state index contributed by atoms with van der Waals surface area (Å²) in [5.41, 5.74) is 0. The highest BCUT2D eigenvalue weighted by Crippen LogP contribution is 2.28. The average molecular weight is 137 g/mol. The summed E-state index contributed by atoms with van der Waals surface area (Å²) in [5, 5.41) is 8.29. The molecule has 0 N–H and O–H groups in total. The van der Waals surface area contributed by atoms with Gasteiger partial charge in [-0.2, -0.15) is 5.26 Å². The predicted molar refractivity (Wildman–Crippen MR) is 41.4 cm³/mol. The first kappa shape index (κ1) is 7.60. The van der Waals surface area contributed by atoms with E-state index in [0.29, 0.717) is 0 Å². The third-order valence-electron chi connectivity index (χ3n) is 2.38. The molecule has 0 heterocycles. The monoisotopic (exact) mass is 137 g/mol. The molecule has 0 aromatic carbocycles. The minimum atomic E-state index is 0.760. The molecule has 1 nitrogen and oxygen atoms in total. The molecule has 1 heteroatoms. The smallest absolute Gasteiger partial charge is 0.0621 e. The first-order chi connectivity index (χ1) is 4.93. The Morgan fingerprint density at radius 3 is 2.60 bits per heavy atom. The van der Waals surface area contributed by atoms with Crippen LogP contribution in [0.3, 0.4) is 0 Å². The second-order valence-corrected chi connectivity index (χ2v) is 3.20. The topological polar surface area (TPSA) is 23.8 Å². The van der Waals surface area contributed by atoms with Gasteiger partial charge in [0.15, 0.2) is 0 Å². The van der Waals surface area contributed by atoms with Gasteiger partial charge in [0.25, 0.3) is 0 Å². The Balaban J connectivity index is 1.97. The molecule has 0 aromatic heterocycles. The van der Waals surface area contributed by atoms with Crippen molar-refractivity contribution in [2.24, 2.45) is 5.92 Å². The molecule has 56 valence electrons. The van der Waals surface area contributed by atoms with Gasteiger partial charge in [-0.3, -0.25) is 0 Å². The normalized spacial score (nSPS) is 19.1. The number of hydrogen-bond donors (Lipinski definition) is 0. The lowest BCUT2D eigenvalue weighted by molar-refractivity contribution is 0.487. The van der Waals surface area contributed by atoms with Gasteiger partial charge in [-0.25, -0.2) is 0 Å². The summed E-state index contributed by atoms with van der Waals surface area (Å²) in [4.78, 5) is 0. The van der Waals surface area contributed by atoms with Crippen molar-refractivity contribution < 1.29 is 0 Å². The highest BCUT2D eigenvalue weighted by atomic mass is 14.2. The molecule has 1 saturated carbocycles. The van der Waals surface area contributed by atoms with Gasteiger partial charge in [0.05, 0.1) is 6.07 Å². The molecular weight excluding hydrogens is 122 g/mol. The van der Waals surface area contributed by atoms with Crippen LogP contribution < -0.4 is 0 Å². The van der Waals surface area contributed by atoms with Crippen LogP contribution in [0.4, 0.5) is 0 Å². The zero-order valence-corrected chi connectivity index (χ0v) is 6.47. The van der Waals surface area contributed by atoms with Crippen molar-refractivity contribution in [3.05, 3.63) is 0 Å². The Kier molecular flexibility index (Phi) is 3.29. The summed E-state index contributed by atoms with van der Waals surface area (Å²) in [6.45, 7) is 0. The molecule has 1 aliphatic rings. The average Bonchev–Trinajstić information content (AvgIpc) is 2.41. The van der Waals surface area contributed by atoms with Crippen LogP contribution in [0.5, 0.6) is 0 Å². The van der Waals surface area contributed by atoms with E-state index in [1.54, 1.807) is 0 Å². The zero-order valence-electron chi connectivity index (χ0n) is 6.47. The summed E-state index contributed by atoms with van der Waals surface area (Å²) >= 11 is 0. The lowest BCUT2D eigenvalue weighted by Gasteiger charge is -2.04. The van der Waals surface area contributed by atoms with Crippen LogP contribution >= 0.6 is 0 Å². The maximum Gasteiger partial charge on any atom is 0.0621 e. The van der Waals surface area contributed by atoms with Gasteiger partial charge in [-0.15, -0.1) is 0 Å². The molecule has 0 radical (unpaired) electrons. The van der Waals surface area contributed by atoms with E-state index < -0.39 is 0 Å². The molecular formula is C9H15N. The van der Waals surface area contributed by atoms with Crippen molar-refractivity contribution in [3.63, 3.8) is 0 Å². The molecule has 0 atom stereocenters. The van der Waals surface area contributed by atoms with Crippen LogP contribution in [-0.4, -0.2) is 0 Å². The van der Waals surface area contributed by atoms with Gasteiger partial charge in [0.1, 0.15) is 0 Å². The summed E-state index contributed by atoms with van der Waals surface area (Å²) in [6, 6.07) is 2.19. The van der Waals surface area contributed by atoms with Crippen LogP contribution in [0.2, 0.25) is 0 Å². The van der Waals surface area contributed by atoms with Crippen LogP contribution in [0, 0.1) is 17.2 Å². The Hall–Kier alpha value is -0.510. The quantitative estimate of drug-likeness (QED) is 0.549. The van der Waals surface area contributed by atoms with Crippen molar-refractivity contribution in [3.8, 4) is 6.07 Å². The van der Waals surface area contributed by atoms with Gasteiger partial charge in [0.2, 0.25) is 0 Å². The number of nitriles is 1. The van der Waals surface area contributed by atoms with Crippen molar-refractivity contribution in [1.29, 1.82) is 5.26 Å². The van der Waals surface area contributed by atoms with E-state index in [4.69, 9.17) is 5.26 Å². The lowest BCUT2D eigenvalue weighted by Crippen LogP contribution is -1.91. The molecule has 10 heavy (non-hydrogen) atoms. The predicted octanol–water partition coefficient (Wildman–Crippen LogP) is 2.87. The van der Waals surface area contributed by atoms with Crippen LogP contribution in [0.1, 0.15) is 44.9 Å². The maximum atomic E-state index is 8.29. The van der Waals surface area contributed by atoms with Gasteiger partial charge in [0, 0.05) is 6.42 Å². The molecule has 0 aliphatic heterocycles. The second-order valence-electron chi connectivity index (χ2n) is 3.20. The van der Waals surface area contributed by atoms with Crippen molar-refractivity contribution in [2.45, 2.75) is 44.9 Å². The van der Waals surface area contributed by atoms with E-state index in [0.717, 1.165) is 18.8 Å². The summed E-state index contributed by atoms with van der Waals surface area (Å²) in [7, 11) is 0. The van der Waals surface area contributed by atoms with E-state index in [-0.39, 0.29) is 0 Å². The molecule has 1 fully saturated rings. The van der Waals surface area contributed by atoms with Gasteiger partial charge in [-0.1, -0.05) is 25.7 Å². The number of rotatable bonds is 3. The largest absolute Gasteiger partial charge is 0.198 e. The molecule has 1 rings (SSSR count). The SMILES string of the molecule is N#CCCCC1CCCC1. The van der Waals surface area contributed by atoms with E-state index in [1.165, 1.54) is 32.1 Å².